The monoisotopic (exact) mass is 267 g/mol. The molecule has 3 aliphatic rings. The van der Waals surface area contributed by atoms with Gasteiger partial charge in [-0.3, -0.25) is 0 Å². The molecule has 3 unspecified atom stereocenters. The maximum absolute atomic E-state index is 11.0. The minimum atomic E-state index is -0.508. The van der Waals surface area contributed by atoms with Crippen LogP contribution in [0.25, 0.3) is 0 Å². The molecule has 0 aromatic rings. The van der Waals surface area contributed by atoms with Crippen molar-refractivity contribution in [3.8, 4) is 0 Å². The van der Waals surface area contributed by atoms with Gasteiger partial charge < -0.3 is 15.6 Å². The van der Waals surface area contributed by atoms with E-state index in [1.807, 2.05) is 0 Å². The third-order valence-electron chi connectivity index (χ3n) is 5.82. The van der Waals surface area contributed by atoms with E-state index in [2.05, 4.69) is 0 Å². The fraction of sp³-hybridized carbons (Fsp3) is 1.00. The first-order chi connectivity index (χ1) is 9.12. The summed E-state index contributed by atoms with van der Waals surface area (Å²) in [6, 6.07) is 0.198. The van der Waals surface area contributed by atoms with Crippen LogP contribution >= 0.6 is 0 Å². The molecule has 2 aliphatic carbocycles. The van der Waals surface area contributed by atoms with E-state index in [1.165, 1.54) is 32.1 Å². The van der Waals surface area contributed by atoms with Crippen LogP contribution < -0.4 is 5.73 Å². The molecule has 1 spiro atoms. The van der Waals surface area contributed by atoms with Crippen LogP contribution in [0.2, 0.25) is 0 Å². The molecule has 1 saturated heterocycles. The average molecular weight is 267 g/mol. The van der Waals surface area contributed by atoms with Crippen molar-refractivity contribution >= 4 is 0 Å². The third kappa shape index (κ3) is 2.84. The Morgan fingerprint density at radius 3 is 2.47 bits per heavy atom. The predicted molar refractivity (Wildman–Crippen MR) is 75.9 cm³/mol. The number of rotatable bonds is 1. The van der Waals surface area contributed by atoms with Gasteiger partial charge in [0.15, 0.2) is 0 Å². The molecule has 3 atom stereocenters. The molecule has 0 amide bonds. The van der Waals surface area contributed by atoms with Crippen LogP contribution in [-0.4, -0.2) is 29.0 Å². The highest BCUT2D eigenvalue weighted by atomic mass is 16.5. The zero-order valence-electron chi connectivity index (χ0n) is 12.1. The molecule has 3 nitrogen and oxygen atoms in total. The molecular weight excluding hydrogens is 238 g/mol. The number of nitrogens with two attached hydrogens (primary N) is 1. The molecule has 3 N–H and O–H groups in total. The smallest absolute Gasteiger partial charge is 0.0692 e. The third-order valence-corrected chi connectivity index (χ3v) is 5.82. The summed E-state index contributed by atoms with van der Waals surface area (Å²) in [5.74, 6) is 0.408. The summed E-state index contributed by atoms with van der Waals surface area (Å²) in [6.45, 7) is 0.836. The van der Waals surface area contributed by atoms with Crippen LogP contribution in [0, 0.1) is 5.92 Å². The molecule has 0 aromatic heterocycles. The predicted octanol–water partition coefficient (Wildman–Crippen LogP) is 2.75. The molecule has 0 aromatic carbocycles. The summed E-state index contributed by atoms with van der Waals surface area (Å²) >= 11 is 0. The summed E-state index contributed by atoms with van der Waals surface area (Å²) in [7, 11) is 0. The maximum atomic E-state index is 11.0. The molecule has 2 saturated carbocycles. The Hall–Kier alpha value is -0.120. The van der Waals surface area contributed by atoms with E-state index in [0.717, 1.165) is 45.1 Å². The van der Waals surface area contributed by atoms with Crippen LogP contribution in [0.1, 0.15) is 70.6 Å². The Labute approximate surface area is 116 Å². The second kappa shape index (κ2) is 5.34. The number of hydrogen-bond donors (Lipinski definition) is 2. The Morgan fingerprint density at radius 1 is 0.947 bits per heavy atom. The van der Waals surface area contributed by atoms with Gasteiger partial charge in [-0.25, -0.2) is 0 Å². The van der Waals surface area contributed by atoms with Crippen molar-refractivity contribution in [3.05, 3.63) is 0 Å². The first-order valence-corrected chi connectivity index (χ1v) is 8.24. The summed E-state index contributed by atoms with van der Waals surface area (Å²) < 4.78 is 6.16. The highest BCUT2D eigenvalue weighted by Gasteiger charge is 2.47. The van der Waals surface area contributed by atoms with Crippen molar-refractivity contribution in [2.24, 2.45) is 11.7 Å². The fourth-order valence-electron chi connectivity index (χ4n) is 4.73. The van der Waals surface area contributed by atoms with Crippen molar-refractivity contribution in [3.63, 3.8) is 0 Å². The lowest BCUT2D eigenvalue weighted by Crippen LogP contribution is -2.52. The topological polar surface area (TPSA) is 55.5 Å². The van der Waals surface area contributed by atoms with Crippen LogP contribution in [0.15, 0.2) is 0 Å². The van der Waals surface area contributed by atoms with E-state index in [1.54, 1.807) is 0 Å². The molecule has 3 fully saturated rings. The molecule has 0 radical (unpaired) electrons. The maximum Gasteiger partial charge on any atom is 0.0692 e. The van der Waals surface area contributed by atoms with Crippen molar-refractivity contribution in [1.82, 2.24) is 0 Å². The Bertz CT molecular complexity index is 308. The van der Waals surface area contributed by atoms with E-state index >= 15 is 0 Å². The van der Waals surface area contributed by atoms with E-state index in [4.69, 9.17) is 10.5 Å². The molecule has 110 valence electrons. The minimum absolute atomic E-state index is 0.0957. The average Bonchev–Trinajstić information content (AvgIpc) is 2.39. The van der Waals surface area contributed by atoms with Crippen LogP contribution in [-0.2, 0) is 4.74 Å². The number of aliphatic hydroxyl groups is 1. The van der Waals surface area contributed by atoms with Crippen molar-refractivity contribution in [1.29, 1.82) is 0 Å². The van der Waals surface area contributed by atoms with Gasteiger partial charge in [-0.2, -0.15) is 0 Å². The van der Waals surface area contributed by atoms with Crippen molar-refractivity contribution in [2.75, 3.05) is 6.61 Å². The second-order valence-corrected chi connectivity index (χ2v) is 7.24. The van der Waals surface area contributed by atoms with E-state index in [0.29, 0.717) is 5.92 Å². The molecule has 1 heterocycles. The van der Waals surface area contributed by atoms with Gasteiger partial charge in [0, 0.05) is 12.6 Å². The van der Waals surface area contributed by atoms with Gasteiger partial charge in [-0.15, -0.1) is 0 Å². The van der Waals surface area contributed by atoms with Gasteiger partial charge in [0.05, 0.1) is 11.2 Å². The van der Waals surface area contributed by atoms with E-state index in [-0.39, 0.29) is 11.6 Å². The van der Waals surface area contributed by atoms with Gasteiger partial charge in [0.25, 0.3) is 0 Å². The number of hydrogen-bond acceptors (Lipinski definition) is 3. The lowest BCUT2D eigenvalue weighted by molar-refractivity contribution is -0.164. The molecule has 3 rings (SSSR count). The summed E-state index contributed by atoms with van der Waals surface area (Å²) in [5.41, 5.74) is 5.68. The Balaban J connectivity index is 1.70. The fourth-order valence-corrected chi connectivity index (χ4v) is 4.73. The molecule has 1 aliphatic heterocycles. The molecule has 3 heteroatoms. The van der Waals surface area contributed by atoms with Gasteiger partial charge >= 0.3 is 0 Å². The highest BCUT2D eigenvalue weighted by Crippen LogP contribution is 2.47. The zero-order chi connectivity index (χ0) is 13.3. The van der Waals surface area contributed by atoms with Crippen LogP contribution in [0.3, 0.4) is 0 Å². The van der Waals surface area contributed by atoms with Crippen LogP contribution in [0.4, 0.5) is 0 Å². The minimum Gasteiger partial charge on any atom is -0.390 e. The lowest BCUT2D eigenvalue weighted by Gasteiger charge is -2.50. The SMILES string of the molecule is NC1CCCC(O)(C2CCOC3(CCCCC3)C2)C1. The first-order valence-electron chi connectivity index (χ1n) is 8.24. The summed E-state index contributed by atoms with van der Waals surface area (Å²) in [6.07, 6.45) is 12.3. The molecular formula is C16H29NO2. The summed E-state index contributed by atoms with van der Waals surface area (Å²) in [5, 5.41) is 11.0. The first kappa shape index (κ1) is 13.8. The standard InChI is InChI=1S/C16H29NO2/c17-14-5-4-9-16(18,12-14)13-6-10-19-15(11-13)7-2-1-3-8-15/h13-14,18H,1-12,17H2. The molecule has 19 heavy (non-hydrogen) atoms. The van der Waals surface area contributed by atoms with Gasteiger partial charge in [0.2, 0.25) is 0 Å². The van der Waals surface area contributed by atoms with E-state index < -0.39 is 5.60 Å². The van der Waals surface area contributed by atoms with Gasteiger partial charge in [-0.1, -0.05) is 19.3 Å². The van der Waals surface area contributed by atoms with Crippen molar-refractivity contribution in [2.45, 2.75) is 87.9 Å². The van der Waals surface area contributed by atoms with Crippen LogP contribution in [0.5, 0.6) is 0 Å². The van der Waals surface area contributed by atoms with E-state index in [9.17, 15) is 5.11 Å². The van der Waals surface area contributed by atoms with Gasteiger partial charge in [0.1, 0.15) is 0 Å². The molecule has 0 bridgehead atoms. The highest BCUT2D eigenvalue weighted by molar-refractivity contribution is 4.99. The van der Waals surface area contributed by atoms with Crippen molar-refractivity contribution < 1.29 is 9.84 Å². The number of ether oxygens (including phenoxy) is 1. The van der Waals surface area contributed by atoms with Gasteiger partial charge in [-0.05, 0) is 57.3 Å². The lowest BCUT2D eigenvalue weighted by atomic mass is 9.66. The largest absolute Gasteiger partial charge is 0.390 e. The second-order valence-electron chi connectivity index (χ2n) is 7.24. The summed E-state index contributed by atoms with van der Waals surface area (Å²) in [4.78, 5) is 0. The normalized spacial score (nSPS) is 43.3. The quantitative estimate of drug-likeness (QED) is 0.768. The Morgan fingerprint density at radius 2 is 1.74 bits per heavy atom. The Kier molecular flexibility index (Phi) is 3.89. The zero-order valence-corrected chi connectivity index (χ0v) is 12.1.